The Balaban J connectivity index is 1.69. The molecule has 3 heterocycles. The number of carbonyl (C=O) groups excluding carboxylic acids is 1. The molecule has 0 saturated carbocycles. The van der Waals surface area contributed by atoms with Crippen molar-refractivity contribution in [1.82, 2.24) is 14.9 Å². The van der Waals surface area contributed by atoms with Crippen LogP contribution >= 0.6 is 11.3 Å². The maximum absolute atomic E-state index is 12.7. The van der Waals surface area contributed by atoms with E-state index in [2.05, 4.69) is 16.0 Å². The largest absolute Gasteiger partial charge is 0.459 e. The van der Waals surface area contributed by atoms with E-state index in [1.54, 1.807) is 17.3 Å². The van der Waals surface area contributed by atoms with E-state index in [1.165, 1.54) is 11.3 Å². The van der Waals surface area contributed by atoms with E-state index in [0.29, 0.717) is 31.0 Å². The van der Waals surface area contributed by atoms with Crippen LogP contribution in [0.15, 0.2) is 46.5 Å². The summed E-state index contributed by atoms with van der Waals surface area (Å²) in [5.41, 5.74) is 1.64. The highest BCUT2D eigenvalue weighted by Gasteiger charge is 2.17. The number of aryl methyl sites for hydroxylation is 1. The first-order valence-corrected chi connectivity index (χ1v) is 9.08. The van der Waals surface area contributed by atoms with Crippen LogP contribution in [-0.2, 0) is 17.8 Å². The summed E-state index contributed by atoms with van der Waals surface area (Å²) in [6.45, 7) is 2.70. The van der Waals surface area contributed by atoms with Gasteiger partial charge in [0.25, 0.3) is 0 Å². The topological polar surface area (TPSA) is 83.0 Å². The van der Waals surface area contributed by atoms with Gasteiger partial charge in [0.05, 0.1) is 24.6 Å². The fourth-order valence-electron chi connectivity index (χ4n) is 2.51. The second-order valence-electron chi connectivity index (χ2n) is 5.82. The summed E-state index contributed by atoms with van der Waals surface area (Å²) in [5.74, 6) is 1.48. The zero-order valence-electron chi connectivity index (χ0n) is 14.4. The van der Waals surface area contributed by atoms with E-state index in [0.717, 1.165) is 16.3 Å². The molecule has 0 unspecified atom stereocenters. The quantitative estimate of drug-likeness (QED) is 0.638. The van der Waals surface area contributed by atoms with E-state index < -0.39 is 0 Å². The number of furan rings is 1. The Bertz CT molecular complexity index is 911. The standard InChI is InChI=1S/C19H18N4O2S/c1-14-5-6-17(25-14)19-22-16(13-26-19)10-18(24)23(9-3-7-20)12-15-4-2-8-21-11-15/h2,4-6,8,11,13H,3,9-10,12H2,1H3. The Morgan fingerprint density at radius 3 is 2.96 bits per heavy atom. The highest BCUT2D eigenvalue weighted by atomic mass is 32.1. The molecular formula is C19H18N4O2S. The molecule has 0 N–H and O–H groups in total. The van der Waals surface area contributed by atoms with Gasteiger partial charge in [-0.1, -0.05) is 6.07 Å². The van der Waals surface area contributed by atoms with Crippen molar-refractivity contribution in [2.24, 2.45) is 0 Å². The van der Waals surface area contributed by atoms with Crippen LogP contribution in [0, 0.1) is 18.3 Å². The smallest absolute Gasteiger partial charge is 0.228 e. The van der Waals surface area contributed by atoms with Crippen LogP contribution in [0.4, 0.5) is 0 Å². The van der Waals surface area contributed by atoms with Gasteiger partial charge in [0.1, 0.15) is 5.76 Å². The molecule has 1 amide bonds. The summed E-state index contributed by atoms with van der Waals surface area (Å²) < 4.78 is 5.58. The molecule has 26 heavy (non-hydrogen) atoms. The summed E-state index contributed by atoms with van der Waals surface area (Å²) in [6, 6.07) is 9.61. The molecule has 7 heteroatoms. The molecule has 0 aliphatic heterocycles. The molecule has 132 valence electrons. The first-order chi connectivity index (χ1) is 12.7. The molecule has 0 saturated heterocycles. The van der Waals surface area contributed by atoms with Crippen LogP contribution in [0.5, 0.6) is 0 Å². The molecule has 0 aromatic carbocycles. The van der Waals surface area contributed by atoms with Gasteiger partial charge in [-0.05, 0) is 30.7 Å². The minimum atomic E-state index is -0.0587. The number of hydrogen-bond acceptors (Lipinski definition) is 6. The monoisotopic (exact) mass is 366 g/mol. The Morgan fingerprint density at radius 1 is 1.38 bits per heavy atom. The van der Waals surface area contributed by atoms with Gasteiger partial charge in [-0.2, -0.15) is 5.26 Å². The number of hydrogen-bond donors (Lipinski definition) is 0. The molecule has 0 spiro atoms. The first-order valence-electron chi connectivity index (χ1n) is 8.20. The van der Waals surface area contributed by atoms with Crippen LogP contribution in [0.3, 0.4) is 0 Å². The van der Waals surface area contributed by atoms with E-state index >= 15 is 0 Å². The van der Waals surface area contributed by atoms with Crippen molar-refractivity contribution in [2.75, 3.05) is 6.54 Å². The lowest BCUT2D eigenvalue weighted by Gasteiger charge is -2.21. The third-order valence-corrected chi connectivity index (χ3v) is 4.68. The van der Waals surface area contributed by atoms with Gasteiger partial charge >= 0.3 is 0 Å². The van der Waals surface area contributed by atoms with Gasteiger partial charge in [-0.15, -0.1) is 11.3 Å². The Hall–Kier alpha value is -2.98. The Morgan fingerprint density at radius 2 is 2.27 bits per heavy atom. The molecular weight excluding hydrogens is 348 g/mol. The normalized spacial score (nSPS) is 10.5. The predicted molar refractivity (Wildman–Crippen MR) is 98.1 cm³/mol. The summed E-state index contributed by atoms with van der Waals surface area (Å²) >= 11 is 1.45. The number of amides is 1. The maximum atomic E-state index is 12.7. The van der Waals surface area contributed by atoms with E-state index in [1.807, 2.05) is 36.6 Å². The zero-order chi connectivity index (χ0) is 18.4. The van der Waals surface area contributed by atoms with Gasteiger partial charge in [-0.25, -0.2) is 4.98 Å². The molecule has 0 fully saturated rings. The molecule has 6 nitrogen and oxygen atoms in total. The molecule has 0 aliphatic rings. The van der Waals surface area contributed by atoms with Crippen molar-refractivity contribution in [2.45, 2.75) is 26.3 Å². The van der Waals surface area contributed by atoms with E-state index in [-0.39, 0.29) is 12.3 Å². The number of pyridine rings is 1. The van der Waals surface area contributed by atoms with Crippen LogP contribution in [0.2, 0.25) is 0 Å². The third kappa shape index (κ3) is 4.55. The lowest BCUT2D eigenvalue weighted by atomic mass is 10.2. The Kier molecular flexibility index (Phi) is 5.77. The van der Waals surface area contributed by atoms with Crippen LogP contribution in [0.25, 0.3) is 10.8 Å². The van der Waals surface area contributed by atoms with Gasteiger partial charge in [0.15, 0.2) is 10.8 Å². The van der Waals surface area contributed by atoms with Crippen molar-refractivity contribution in [3.63, 3.8) is 0 Å². The lowest BCUT2D eigenvalue weighted by molar-refractivity contribution is -0.131. The number of rotatable bonds is 7. The zero-order valence-corrected chi connectivity index (χ0v) is 15.2. The van der Waals surface area contributed by atoms with Crippen molar-refractivity contribution in [1.29, 1.82) is 5.26 Å². The van der Waals surface area contributed by atoms with Gasteiger partial charge in [0, 0.05) is 30.9 Å². The van der Waals surface area contributed by atoms with E-state index in [9.17, 15) is 4.79 Å². The minimum absolute atomic E-state index is 0.0587. The molecule has 0 atom stereocenters. The maximum Gasteiger partial charge on any atom is 0.228 e. The second-order valence-corrected chi connectivity index (χ2v) is 6.67. The summed E-state index contributed by atoms with van der Waals surface area (Å²) in [4.78, 5) is 23.0. The highest BCUT2D eigenvalue weighted by Crippen LogP contribution is 2.26. The number of thiazole rings is 1. The molecule has 0 aliphatic carbocycles. The third-order valence-electron chi connectivity index (χ3n) is 3.78. The predicted octanol–water partition coefficient (Wildman–Crippen LogP) is 3.59. The molecule has 3 aromatic rings. The van der Waals surface area contributed by atoms with Crippen LogP contribution in [0.1, 0.15) is 23.4 Å². The average molecular weight is 366 g/mol. The fourth-order valence-corrected chi connectivity index (χ4v) is 3.29. The number of aromatic nitrogens is 2. The van der Waals surface area contributed by atoms with Crippen molar-refractivity contribution < 1.29 is 9.21 Å². The fraction of sp³-hybridized carbons (Fsp3) is 0.263. The Labute approximate surface area is 155 Å². The summed E-state index contributed by atoms with van der Waals surface area (Å²) in [7, 11) is 0. The molecule has 3 rings (SSSR count). The average Bonchev–Trinajstić information content (AvgIpc) is 3.28. The first kappa shape index (κ1) is 17.8. The van der Waals surface area contributed by atoms with Gasteiger partial charge in [0.2, 0.25) is 5.91 Å². The SMILES string of the molecule is Cc1ccc(-c2nc(CC(=O)N(CCC#N)Cc3cccnc3)cs2)o1. The lowest BCUT2D eigenvalue weighted by Crippen LogP contribution is -2.32. The number of nitriles is 1. The van der Waals surface area contributed by atoms with Crippen molar-refractivity contribution in [3.8, 4) is 16.8 Å². The van der Waals surface area contributed by atoms with Gasteiger partial charge in [-0.3, -0.25) is 9.78 Å². The highest BCUT2D eigenvalue weighted by molar-refractivity contribution is 7.13. The number of nitrogens with zero attached hydrogens (tertiary/aromatic N) is 4. The molecule has 0 radical (unpaired) electrons. The minimum Gasteiger partial charge on any atom is -0.459 e. The summed E-state index contributed by atoms with van der Waals surface area (Å²) in [6.07, 6.45) is 3.91. The van der Waals surface area contributed by atoms with Crippen molar-refractivity contribution in [3.05, 3.63) is 59.1 Å². The van der Waals surface area contributed by atoms with E-state index in [4.69, 9.17) is 9.68 Å². The van der Waals surface area contributed by atoms with Crippen LogP contribution in [-0.4, -0.2) is 27.3 Å². The van der Waals surface area contributed by atoms with Crippen molar-refractivity contribution >= 4 is 17.2 Å². The second kappa shape index (κ2) is 8.41. The van der Waals surface area contributed by atoms with Gasteiger partial charge < -0.3 is 9.32 Å². The molecule has 0 bridgehead atoms. The number of carbonyl (C=O) groups is 1. The molecule has 3 aromatic heterocycles. The summed E-state index contributed by atoms with van der Waals surface area (Å²) in [5, 5.41) is 11.5. The van der Waals surface area contributed by atoms with Crippen LogP contribution < -0.4 is 0 Å².